The molecule has 0 saturated heterocycles. The van der Waals surface area contributed by atoms with Crippen molar-refractivity contribution in [3.05, 3.63) is 35.4 Å². The SMILES string of the molecule is CCCCCC1CCC(c2ccc(C(=O)F)cc2)CC1. The lowest BCUT2D eigenvalue weighted by atomic mass is 9.77. The number of carbonyl (C=O) groups excluding carboxylic acids is 1. The molecule has 0 atom stereocenters. The second-order valence-corrected chi connectivity index (χ2v) is 6.11. The average molecular weight is 276 g/mol. The third-order valence-corrected chi connectivity index (χ3v) is 4.67. The Bertz CT molecular complexity index is 416. The van der Waals surface area contributed by atoms with Crippen molar-refractivity contribution in [1.29, 1.82) is 0 Å². The highest BCUT2D eigenvalue weighted by Gasteiger charge is 2.22. The van der Waals surface area contributed by atoms with E-state index in [9.17, 15) is 9.18 Å². The Labute approximate surface area is 121 Å². The fraction of sp³-hybridized carbons (Fsp3) is 0.611. The van der Waals surface area contributed by atoms with Crippen molar-refractivity contribution < 1.29 is 9.18 Å². The van der Waals surface area contributed by atoms with Crippen molar-refractivity contribution >= 4 is 6.04 Å². The number of hydrogen-bond acceptors (Lipinski definition) is 1. The van der Waals surface area contributed by atoms with Crippen molar-refractivity contribution in [2.45, 2.75) is 64.2 Å². The van der Waals surface area contributed by atoms with Crippen molar-refractivity contribution in [2.24, 2.45) is 5.92 Å². The highest BCUT2D eigenvalue weighted by atomic mass is 19.1. The zero-order valence-electron chi connectivity index (χ0n) is 12.4. The summed E-state index contributed by atoms with van der Waals surface area (Å²) in [5, 5.41) is 0. The van der Waals surface area contributed by atoms with E-state index in [1.165, 1.54) is 56.9 Å². The van der Waals surface area contributed by atoms with Crippen LogP contribution < -0.4 is 0 Å². The number of benzene rings is 1. The molecular weight excluding hydrogens is 251 g/mol. The molecule has 1 aromatic rings. The molecule has 0 amide bonds. The summed E-state index contributed by atoms with van der Waals surface area (Å²) in [6.07, 6.45) is 10.5. The summed E-state index contributed by atoms with van der Waals surface area (Å²) >= 11 is 0. The lowest BCUT2D eigenvalue weighted by Gasteiger charge is -2.29. The first-order valence-corrected chi connectivity index (χ1v) is 8.00. The number of halogens is 1. The van der Waals surface area contributed by atoms with E-state index in [0.717, 1.165) is 5.92 Å². The maximum Gasteiger partial charge on any atom is 0.332 e. The molecule has 1 aromatic carbocycles. The Morgan fingerprint density at radius 1 is 1.10 bits per heavy atom. The Kier molecular flexibility index (Phi) is 5.75. The third kappa shape index (κ3) is 4.16. The van der Waals surface area contributed by atoms with Gasteiger partial charge in [-0.3, -0.25) is 4.79 Å². The maximum atomic E-state index is 12.6. The quantitative estimate of drug-likeness (QED) is 0.484. The van der Waals surface area contributed by atoms with Gasteiger partial charge in [-0.1, -0.05) is 44.7 Å². The van der Waals surface area contributed by atoms with Gasteiger partial charge >= 0.3 is 6.04 Å². The van der Waals surface area contributed by atoms with Crippen LogP contribution in [-0.2, 0) is 0 Å². The van der Waals surface area contributed by atoms with Gasteiger partial charge in [-0.15, -0.1) is 0 Å². The lowest BCUT2D eigenvalue weighted by molar-refractivity contribution is 0.0836. The molecule has 0 heterocycles. The van der Waals surface area contributed by atoms with Gasteiger partial charge in [-0.2, -0.15) is 4.39 Å². The fourth-order valence-electron chi connectivity index (χ4n) is 3.35. The molecule has 0 unspecified atom stereocenters. The van der Waals surface area contributed by atoms with Crippen molar-refractivity contribution in [2.75, 3.05) is 0 Å². The van der Waals surface area contributed by atoms with Gasteiger partial charge in [-0.05, 0) is 55.2 Å². The van der Waals surface area contributed by atoms with E-state index in [2.05, 4.69) is 6.92 Å². The van der Waals surface area contributed by atoms with Gasteiger partial charge in [0.15, 0.2) is 0 Å². The van der Waals surface area contributed by atoms with E-state index in [1.807, 2.05) is 12.1 Å². The first kappa shape index (κ1) is 15.2. The summed E-state index contributed by atoms with van der Waals surface area (Å²) in [5.74, 6) is 1.51. The van der Waals surface area contributed by atoms with E-state index in [1.54, 1.807) is 12.1 Å². The molecule has 1 nitrogen and oxygen atoms in total. The maximum absolute atomic E-state index is 12.6. The van der Waals surface area contributed by atoms with Crippen LogP contribution in [0.3, 0.4) is 0 Å². The van der Waals surface area contributed by atoms with E-state index in [-0.39, 0.29) is 5.56 Å². The van der Waals surface area contributed by atoms with Crippen molar-refractivity contribution in [3.8, 4) is 0 Å². The molecule has 20 heavy (non-hydrogen) atoms. The number of unbranched alkanes of at least 4 members (excludes halogenated alkanes) is 2. The molecule has 1 fully saturated rings. The van der Waals surface area contributed by atoms with Gasteiger partial charge in [0, 0.05) is 0 Å². The predicted molar refractivity (Wildman–Crippen MR) is 80.7 cm³/mol. The summed E-state index contributed by atoms with van der Waals surface area (Å²) < 4.78 is 12.6. The average Bonchev–Trinajstić information content (AvgIpc) is 2.48. The Hall–Kier alpha value is -1.18. The van der Waals surface area contributed by atoms with Crippen LogP contribution in [0.4, 0.5) is 4.39 Å². The normalized spacial score (nSPS) is 22.7. The van der Waals surface area contributed by atoms with Crippen LogP contribution in [0, 0.1) is 5.92 Å². The number of carbonyl (C=O) groups is 1. The first-order valence-electron chi connectivity index (χ1n) is 8.00. The van der Waals surface area contributed by atoms with Gasteiger partial charge in [0.05, 0.1) is 5.56 Å². The molecule has 2 heteroatoms. The fourth-order valence-corrected chi connectivity index (χ4v) is 3.35. The summed E-state index contributed by atoms with van der Waals surface area (Å²) in [5.41, 5.74) is 1.43. The Morgan fingerprint density at radius 3 is 2.30 bits per heavy atom. The van der Waals surface area contributed by atoms with Gasteiger partial charge in [-0.25, -0.2) is 0 Å². The summed E-state index contributed by atoms with van der Waals surface area (Å²) in [4.78, 5) is 10.6. The van der Waals surface area contributed by atoms with E-state index < -0.39 is 6.04 Å². The zero-order chi connectivity index (χ0) is 14.4. The molecule has 0 spiro atoms. The standard InChI is InChI=1S/C18H25FO/c1-2-3-4-5-14-6-8-15(9-7-14)16-10-12-17(13-11-16)18(19)20/h10-15H,2-9H2,1H3. The minimum atomic E-state index is -1.34. The molecular formula is C18H25FO. The molecule has 2 rings (SSSR count). The second-order valence-electron chi connectivity index (χ2n) is 6.11. The minimum absolute atomic E-state index is 0.169. The highest BCUT2D eigenvalue weighted by molar-refractivity contribution is 5.88. The predicted octanol–water partition coefficient (Wildman–Crippen LogP) is 5.65. The summed E-state index contributed by atoms with van der Waals surface area (Å²) in [6.45, 7) is 2.25. The molecule has 0 N–H and O–H groups in total. The lowest BCUT2D eigenvalue weighted by Crippen LogP contribution is -2.13. The van der Waals surface area contributed by atoms with Crippen LogP contribution in [0.2, 0.25) is 0 Å². The van der Waals surface area contributed by atoms with Gasteiger partial charge < -0.3 is 0 Å². The van der Waals surface area contributed by atoms with E-state index in [4.69, 9.17) is 0 Å². The molecule has 0 bridgehead atoms. The van der Waals surface area contributed by atoms with Gasteiger partial charge in [0.25, 0.3) is 0 Å². The molecule has 0 radical (unpaired) electrons. The largest absolute Gasteiger partial charge is 0.332 e. The second kappa shape index (κ2) is 7.56. The van der Waals surface area contributed by atoms with Crippen LogP contribution in [0.25, 0.3) is 0 Å². The smallest absolute Gasteiger partial charge is 0.255 e. The zero-order valence-corrected chi connectivity index (χ0v) is 12.4. The van der Waals surface area contributed by atoms with E-state index >= 15 is 0 Å². The van der Waals surface area contributed by atoms with Crippen LogP contribution >= 0.6 is 0 Å². The minimum Gasteiger partial charge on any atom is -0.255 e. The van der Waals surface area contributed by atoms with Gasteiger partial charge in [0.2, 0.25) is 0 Å². The molecule has 1 aliphatic rings. The Balaban J connectivity index is 1.82. The highest BCUT2D eigenvalue weighted by Crippen LogP contribution is 2.37. The number of rotatable bonds is 6. The molecule has 1 saturated carbocycles. The molecule has 110 valence electrons. The number of hydrogen-bond donors (Lipinski definition) is 0. The van der Waals surface area contributed by atoms with Crippen LogP contribution in [0.5, 0.6) is 0 Å². The van der Waals surface area contributed by atoms with Gasteiger partial charge in [0.1, 0.15) is 0 Å². The molecule has 1 aliphatic carbocycles. The monoisotopic (exact) mass is 276 g/mol. The Morgan fingerprint density at radius 2 is 1.75 bits per heavy atom. The van der Waals surface area contributed by atoms with Crippen molar-refractivity contribution in [1.82, 2.24) is 0 Å². The first-order chi connectivity index (χ1) is 9.70. The molecule has 0 aromatic heterocycles. The van der Waals surface area contributed by atoms with Crippen LogP contribution in [-0.4, -0.2) is 6.04 Å². The summed E-state index contributed by atoms with van der Waals surface area (Å²) in [6, 6.07) is 5.75. The third-order valence-electron chi connectivity index (χ3n) is 4.67. The topological polar surface area (TPSA) is 17.1 Å². The summed E-state index contributed by atoms with van der Waals surface area (Å²) in [7, 11) is 0. The van der Waals surface area contributed by atoms with Crippen molar-refractivity contribution in [3.63, 3.8) is 0 Å². The van der Waals surface area contributed by atoms with Crippen LogP contribution in [0.1, 0.15) is 80.1 Å². The van der Waals surface area contributed by atoms with Crippen LogP contribution in [0.15, 0.2) is 24.3 Å². The van der Waals surface area contributed by atoms with E-state index in [0.29, 0.717) is 5.92 Å². The molecule has 0 aliphatic heterocycles.